The number of aromatic nitrogens is 2. The van der Waals surface area contributed by atoms with Gasteiger partial charge in [-0.1, -0.05) is 4.68 Å². The van der Waals surface area contributed by atoms with Crippen molar-refractivity contribution >= 4 is 9.84 Å². The first kappa shape index (κ1) is 18.9. The summed E-state index contributed by atoms with van der Waals surface area (Å²) in [6.45, 7) is 0.155. The fraction of sp³-hybridized carbons (Fsp3) is 0.211. The number of nitrogens with zero attached hydrogens (tertiary/aromatic N) is 1. The topological polar surface area (TPSA) is 92.5 Å². The number of benzene rings is 2. The fourth-order valence-corrected chi connectivity index (χ4v) is 3.20. The third kappa shape index (κ3) is 4.29. The lowest BCUT2D eigenvalue weighted by molar-refractivity contribution is -0.647. The Balaban J connectivity index is 2.06. The largest absolute Gasteiger partial charge is 0.497 e. The van der Waals surface area contributed by atoms with E-state index in [1.807, 2.05) is 24.3 Å². The predicted molar refractivity (Wildman–Crippen MR) is 100 cm³/mol. The SMILES string of the molecule is COc1ccc(-[n+]2[nH]c(S(C)(=O)=O)cc2-c2ccc(OCCO)cc2)cc1. The Morgan fingerprint density at radius 1 is 1.04 bits per heavy atom. The van der Waals surface area contributed by atoms with Gasteiger partial charge in [0.25, 0.3) is 0 Å². The fourth-order valence-electron chi connectivity index (χ4n) is 2.61. The van der Waals surface area contributed by atoms with Crippen molar-refractivity contribution in [3.05, 3.63) is 54.6 Å². The average molecular weight is 389 g/mol. The van der Waals surface area contributed by atoms with E-state index in [0.717, 1.165) is 17.5 Å². The summed E-state index contributed by atoms with van der Waals surface area (Å²) < 4.78 is 36.3. The highest BCUT2D eigenvalue weighted by molar-refractivity contribution is 7.90. The van der Waals surface area contributed by atoms with E-state index in [1.54, 1.807) is 42.1 Å². The standard InChI is InChI=1S/C19H20N2O5S/c1-25-16-9-5-15(6-10-16)21-18(13-19(20-21)27(2,23)24)14-3-7-17(8-4-14)26-12-11-22/h3-10,13,22H,11-12H2,1-2H3/p+1. The van der Waals surface area contributed by atoms with Gasteiger partial charge in [-0.05, 0) is 36.4 Å². The highest BCUT2D eigenvalue weighted by Gasteiger charge is 2.25. The Bertz CT molecular complexity index is 1010. The lowest BCUT2D eigenvalue weighted by atomic mass is 10.1. The summed E-state index contributed by atoms with van der Waals surface area (Å²) in [6, 6.07) is 16.1. The van der Waals surface area contributed by atoms with Crippen molar-refractivity contribution in [3.63, 3.8) is 0 Å². The van der Waals surface area contributed by atoms with E-state index in [0.29, 0.717) is 17.2 Å². The maximum atomic E-state index is 12.0. The third-order valence-electron chi connectivity index (χ3n) is 3.97. The van der Waals surface area contributed by atoms with Gasteiger partial charge in [0, 0.05) is 24.0 Å². The molecule has 2 N–H and O–H groups in total. The molecule has 0 atom stereocenters. The van der Waals surface area contributed by atoms with Gasteiger partial charge in [-0.2, -0.15) is 0 Å². The van der Waals surface area contributed by atoms with Crippen LogP contribution in [0.3, 0.4) is 0 Å². The summed E-state index contributed by atoms with van der Waals surface area (Å²) in [5.74, 6) is 1.34. The molecule has 0 aliphatic rings. The van der Waals surface area contributed by atoms with E-state index < -0.39 is 9.84 Å². The van der Waals surface area contributed by atoms with Gasteiger partial charge in [0.1, 0.15) is 18.1 Å². The molecule has 0 saturated heterocycles. The minimum atomic E-state index is -3.41. The van der Waals surface area contributed by atoms with Crippen molar-refractivity contribution in [2.75, 3.05) is 26.6 Å². The number of aromatic amines is 1. The summed E-state index contributed by atoms with van der Waals surface area (Å²) >= 11 is 0. The Kier molecular flexibility index (Phi) is 5.48. The quantitative estimate of drug-likeness (QED) is 0.601. The van der Waals surface area contributed by atoms with Gasteiger partial charge >= 0.3 is 0 Å². The Hall–Kier alpha value is -2.84. The van der Waals surface area contributed by atoms with Crippen LogP contribution in [0.2, 0.25) is 0 Å². The average Bonchev–Trinajstić information content (AvgIpc) is 3.13. The molecule has 142 valence electrons. The molecular formula is C19H21N2O5S+. The molecule has 1 aromatic heterocycles. The molecule has 0 saturated carbocycles. The van der Waals surface area contributed by atoms with Gasteiger partial charge in [0.15, 0.2) is 14.9 Å². The molecule has 0 aliphatic carbocycles. The zero-order chi connectivity index (χ0) is 19.4. The number of nitrogens with one attached hydrogen (secondary N) is 1. The molecule has 27 heavy (non-hydrogen) atoms. The molecule has 0 spiro atoms. The maximum absolute atomic E-state index is 12.0. The van der Waals surface area contributed by atoms with Crippen LogP contribution >= 0.6 is 0 Å². The summed E-state index contributed by atoms with van der Waals surface area (Å²) in [4.78, 5) is 0. The third-order valence-corrected chi connectivity index (χ3v) is 4.98. The van der Waals surface area contributed by atoms with Gasteiger partial charge < -0.3 is 14.6 Å². The van der Waals surface area contributed by atoms with Crippen LogP contribution in [0, 0.1) is 0 Å². The lowest BCUT2D eigenvalue weighted by Crippen LogP contribution is -2.35. The molecule has 7 nitrogen and oxygen atoms in total. The molecule has 1 heterocycles. The first-order valence-electron chi connectivity index (χ1n) is 8.26. The summed E-state index contributed by atoms with van der Waals surface area (Å²) in [5.41, 5.74) is 2.27. The van der Waals surface area contributed by atoms with Crippen molar-refractivity contribution in [2.45, 2.75) is 5.03 Å². The highest BCUT2D eigenvalue weighted by atomic mass is 32.2. The van der Waals surface area contributed by atoms with Gasteiger partial charge in [-0.15, -0.1) is 5.10 Å². The van der Waals surface area contributed by atoms with Gasteiger partial charge in [-0.25, -0.2) is 8.42 Å². The lowest BCUT2D eigenvalue weighted by Gasteiger charge is -2.04. The number of H-pyrrole nitrogens is 1. The Labute approximate surface area is 157 Å². The van der Waals surface area contributed by atoms with Crippen LogP contribution in [0.25, 0.3) is 16.9 Å². The summed E-state index contributed by atoms with van der Waals surface area (Å²) in [6.07, 6.45) is 1.16. The van der Waals surface area contributed by atoms with E-state index in [-0.39, 0.29) is 18.2 Å². The first-order valence-corrected chi connectivity index (χ1v) is 10.1. The zero-order valence-corrected chi connectivity index (χ0v) is 15.9. The zero-order valence-electron chi connectivity index (χ0n) is 15.0. The number of aliphatic hydroxyl groups is 1. The minimum Gasteiger partial charge on any atom is -0.497 e. The van der Waals surface area contributed by atoms with Crippen molar-refractivity contribution in [3.8, 4) is 28.4 Å². The first-order chi connectivity index (χ1) is 12.9. The highest BCUT2D eigenvalue weighted by Crippen LogP contribution is 2.23. The molecule has 3 aromatic rings. The molecule has 0 amide bonds. The van der Waals surface area contributed by atoms with E-state index in [4.69, 9.17) is 14.6 Å². The summed E-state index contributed by atoms with van der Waals surface area (Å²) in [5, 5.41) is 11.9. The molecule has 8 heteroatoms. The maximum Gasteiger partial charge on any atom is 0.246 e. The number of ether oxygens (including phenoxy) is 2. The van der Waals surface area contributed by atoms with Crippen LogP contribution in [0.1, 0.15) is 0 Å². The van der Waals surface area contributed by atoms with Crippen LogP contribution in [0.5, 0.6) is 11.5 Å². The number of sulfone groups is 1. The number of rotatable bonds is 7. The number of aliphatic hydroxyl groups excluding tert-OH is 1. The molecule has 3 rings (SSSR count). The van der Waals surface area contributed by atoms with Crippen molar-refractivity contribution in [1.82, 2.24) is 5.10 Å². The number of hydrogen-bond donors (Lipinski definition) is 2. The molecule has 0 unspecified atom stereocenters. The molecule has 0 bridgehead atoms. The van der Waals surface area contributed by atoms with Gasteiger partial charge in [0.2, 0.25) is 11.4 Å². The second-order valence-corrected chi connectivity index (χ2v) is 7.89. The Morgan fingerprint density at radius 2 is 1.67 bits per heavy atom. The van der Waals surface area contributed by atoms with Crippen LogP contribution < -0.4 is 14.2 Å². The Morgan fingerprint density at radius 3 is 2.22 bits per heavy atom. The molecule has 2 aromatic carbocycles. The molecule has 0 fully saturated rings. The van der Waals surface area contributed by atoms with Gasteiger partial charge in [-0.3, -0.25) is 0 Å². The van der Waals surface area contributed by atoms with Crippen LogP contribution in [0.15, 0.2) is 59.6 Å². The van der Waals surface area contributed by atoms with E-state index in [2.05, 4.69) is 5.10 Å². The number of hydrogen-bond acceptors (Lipinski definition) is 5. The predicted octanol–water partition coefficient (Wildman–Crippen LogP) is 1.74. The van der Waals surface area contributed by atoms with Crippen LogP contribution in [0.4, 0.5) is 0 Å². The second-order valence-electron chi connectivity index (χ2n) is 5.91. The van der Waals surface area contributed by atoms with Gasteiger partial charge in [0.05, 0.1) is 19.8 Å². The van der Waals surface area contributed by atoms with E-state index in [9.17, 15) is 8.42 Å². The van der Waals surface area contributed by atoms with Crippen molar-refractivity contribution in [1.29, 1.82) is 0 Å². The molecule has 0 aliphatic heterocycles. The van der Waals surface area contributed by atoms with E-state index >= 15 is 0 Å². The minimum absolute atomic E-state index is 0.0608. The van der Waals surface area contributed by atoms with Crippen molar-refractivity contribution < 1.29 is 27.7 Å². The van der Waals surface area contributed by atoms with E-state index in [1.165, 1.54) is 0 Å². The van der Waals surface area contributed by atoms with Crippen LogP contribution in [-0.4, -0.2) is 45.2 Å². The normalized spacial score (nSPS) is 11.4. The monoisotopic (exact) mass is 389 g/mol. The number of methoxy groups -OCH3 is 1. The van der Waals surface area contributed by atoms with Crippen molar-refractivity contribution in [2.24, 2.45) is 0 Å². The molecular weight excluding hydrogens is 368 g/mol. The van der Waals surface area contributed by atoms with Crippen LogP contribution in [-0.2, 0) is 9.84 Å². The smallest absolute Gasteiger partial charge is 0.246 e. The molecule has 0 radical (unpaired) electrons. The second kappa shape index (κ2) is 7.81. The summed E-state index contributed by atoms with van der Waals surface area (Å²) in [7, 11) is -1.82.